The molecule has 2 aromatic carbocycles. The molecule has 3 amide bonds. The first-order valence-electron chi connectivity index (χ1n) is 13.5. The van der Waals surface area contributed by atoms with E-state index in [1.54, 1.807) is 26.1 Å². The molecule has 0 unspecified atom stereocenters. The quantitative estimate of drug-likeness (QED) is 0.312. The number of hydrogen-bond donors (Lipinski definition) is 0. The lowest BCUT2D eigenvalue weighted by atomic mass is 10.1. The fourth-order valence-corrected chi connectivity index (χ4v) is 4.89. The van der Waals surface area contributed by atoms with Crippen LogP contribution in [0.25, 0.3) is 10.9 Å². The Balaban J connectivity index is 1.55. The molecule has 3 aromatic rings. The second-order valence-electron chi connectivity index (χ2n) is 10.2. The topological polar surface area (TPSA) is 67.2 Å². The summed E-state index contributed by atoms with van der Waals surface area (Å²) in [6, 6.07) is 13.9. The van der Waals surface area contributed by atoms with Crippen LogP contribution in [0.15, 0.2) is 48.7 Å². The van der Waals surface area contributed by atoms with Gasteiger partial charge < -0.3 is 23.8 Å². The number of fused-ring (bicyclic) bond motifs is 1. The molecule has 1 saturated heterocycles. The van der Waals surface area contributed by atoms with Gasteiger partial charge in [0.1, 0.15) is 6.54 Å². The third kappa shape index (κ3) is 5.90. The lowest BCUT2D eigenvalue weighted by molar-refractivity contribution is -0.129. The number of carbonyl (C=O) groups is 2. The molecule has 1 aromatic heterocycles. The van der Waals surface area contributed by atoms with E-state index in [1.807, 2.05) is 57.0 Å². The number of carbonyl (C=O) groups excluding carboxylic acids is 2. The van der Waals surface area contributed by atoms with Crippen molar-refractivity contribution in [2.24, 2.45) is 0 Å². The van der Waals surface area contributed by atoms with E-state index in [0.29, 0.717) is 31.2 Å². The molecule has 1 aliphatic rings. The van der Waals surface area contributed by atoms with Gasteiger partial charge in [-0.05, 0) is 49.6 Å². The second-order valence-corrected chi connectivity index (χ2v) is 10.2. The average Bonchev–Trinajstić information content (AvgIpc) is 3.32. The number of unbranched alkanes of at least 4 members (excludes halogenated alkanes) is 2. The molecule has 0 spiro atoms. The number of likely N-dealkylation sites (N-methyl/N-ethyl adjacent to an activating group) is 1. The van der Waals surface area contributed by atoms with E-state index in [1.165, 1.54) is 0 Å². The number of nitrogens with zero attached hydrogens (tertiary/aromatic N) is 4. The predicted octanol–water partition coefficient (Wildman–Crippen LogP) is 5.53. The van der Waals surface area contributed by atoms with Crippen molar-refractivity contribution in [3.8, 4) is 11.5 Å². The summed E-state index contributed by atoms with van der Waals surface area (Å²) in [5.74, 6) is 1.37. The lowest BCUT2D eigenvalue weighted by Gasteiger charge is -2.40. The highest BCUT2D eigenvalue weighted by Gasteiger charge is 2.32. The molecule has 8 heteroatoms. The molecule has 0 radical (unpaired) electrons. The Morgan fingerprint density at radius 3 is 2.66 bits per heavy atom. The third-order valence-electron chi connectivity index (χ3n) is 7.29. The van der Waals surface area contributed by atoms with Gasteiger partial charge in [0.25, 0.3) is 0 Å². The first kappa shape index (κ1) is 27.4. The highest BCUT2D eigenvalue weighted by molar-refractivity contribution is 5.94. The molecular weight excluding hydrogens is 480 g/mol. The SMILES string of the molecule is CCCCCOc1cc(N2CC[C@H](C)N(Cc3cccc4c3ccn4CC(=O)N(C)C)C2=O)ccc1OC. The van der Waals surface area contributed by atoms with Crippen molar-refractivity contribution < 1.29 is 19.1 Å². The van der Waals surface area contributed by atoms with E-state index in [4.69, 9.17) is 9.47 Å². The van der Waals surface area contributed by atoms with Crippen LogP contribution in [0.2, 0.25) is 0 Å². The fraction of sp³-hybridized carbons (Fsp3) is 0.467. The summed E-state index contributed by atoms with van der Waals surface area (Å²) < 4.78 is 13.5. The monoisotopic (exact) mass is 520 g/mol. The van der Waals surface area contributed by atoms with E-state index in [0.717, 1.165) is 47.8 Å². The van der Waals surface area contributed by atoms with Crippen LogP contribution in [0.3, 0.4) is 0 Å². The molecule has 2 heterocycles. The van der Waals surface area contributed by atoms with Gasteiger partial charge in [0.05, 0.1) is 13.7 Å². The minimum Gasteiger partial charge on any atom is -0.493 e. The molecule has 1 aliphatic heterocycles. The van der Waals surface area contributed by atoms with Crippen LogP contribution in [0.1, 0.15) is 45.1 Å². The fourth-order valence-electron chi connectivity index (χ4n) is 4.89. The molecule has 0 aliphatic carbocycles. The van der Waals surface area contributed by atoms with Gasteiger partial charge in [0.2, 0.25) is 5.91 Å². The molecule has 1 fully saturated rings. The number of aromatic nitrogens is 1. The summed E-state index contributed by atoms with van der Waals surface area (Å²) in [6.45, 7) is 6.31. The highest BCUT2D eigenvalue weighted by Crippen LogP contribution is 2.34. The minimum absolute atomic E-state index is 0.0231. The number of hydrogen-bond acceptors (Lipinski definition) is 4. The first-order valence-corrected chi connectivity index (χ1v) is 13.5. The number of urea groups is 1. The summed E-state index contributed by atoms with van der Waals surface area (Å²) in [6.07, 6.45) is 6.03. The van der Waals surface area contributed by atoms with Crippen LogP contribution in [-0.4, -0.2) is 66.7 Å². The maximum Gasteiger partial charge on any atom is 0.325 e. The van der Waals surface area contributed by atoms with E-state index >= 15 is 0 Å². The molecular formula is C30H40N4O4. The Labute approximate surface area is 225 Å². The van der Waals surface area contributed by atoms with Gasteiger partial charge in [-0.2, -0.15) is 0 Å². The number of benzene rings is 2. The summed E-state index contributed by atoms with van der Waals surface area (Å²) in [5.41, 5.74) is 2.87. The number of amides is 3. The van der Waals surface area contributed by atoms with E-state index in [9.17, 15) is 9.59 Å². The summed E-state index contributed by atoms with van der Waals surface area (Å²) >= 11 is 0. The Morgan fingerprint density at radius 1 is 1.11 bits per heavy atom. The van der Waals surface area contributed by atoms with E-state index in [2.05, 4.69) is 19.9 Å². The molecule has 0 saturated carbocycles. The summed E-state index contributed by atoms with van der Waals surface area (Å²) in [4.78, 5) is 31.5. The zero-order valence-electron chi connectivity index (χ0n) is 23.3. The zero-order valence-corrected chi connectivity index (χ0v) is 23.3. The molecule has 38 heavy (non-hydrogen) atoms. The van der Waals surface area contributed by atoms with Crippen molar-refractivity contribution in [3.05, 3.63) is 54.2 Å². The largest absolute Gasteiger partial charge is 0.493 e. The Kier molecular flexibility index (Phi) is 8.81. The van der Waals surface area contributed by atoms with Crippen LogP contribution in [0.5, 0.6) is 11.5 Å². The Bertz CT molecular complexity index is 1270. The molecule has 0 N–H and O–H groups in total. The van der Waals surface area contributed by atoms with Crippen LogP contribution < -0.4 is 14.4 Å². The number of methoxy groups -OCH3 is 1. The molecule has 8 nitrogen and oxygen atoms in total. The van der Waals surface area contributed by atoms with Crippen molar-refractivity contribution in [2.45, 2.75) is 58.7 Å². The minimum atomic E-state index is -0.0231. The van der Waals surface area contributed by atoms with Gasteiger partial charge >= 0.3 is 6.03 Å². The van der Waals surface area contributed by atoms with Crippen LogP contribution >= 0.6 is 0 Å². The van der Waals surface area contributed by atoms with Gasteiger partial charge in [0.15, 0.2) is 11.5 Å². The van der Waals surface area contributed by atoms with E-state index in [-0.39, 0.29) is 24.5 Å². The Morgan fingerprint density at radius 2 is 1.92 bits per heavy atom. The first-order chi connectivity index (χ1) is 18.3. The van der Waals surface area contributed by atoms with Gasteiger partial charge in [-0.25, -0.2) is 4.79 Å². The average molecular weight is 521 g/mol. The maximum atomic E-state index is 13.8. The Hall–Kier alpha value is -3.68. The number of ether oxygens (including phenoxy) is 2. The second kappa shape index (κ2) is 12.2. The van der Waals surface area contributed by atoms with Crippen molar-refractivity contribution in [1.82, 2.24) is 14.4 Å². The van der Waals surface area contributed by atoms with Crippen LogP contribution in [0, 0.1) is 0 Å². The lowest BCUT2D eigenvalue weighted by Crippen LogP contribution is -2.53. The van der Waals surface area contributed by atoms with Crippen LogP contribution in [-0.2, 0) is 17.9 Å². The summed E-state index contributed by atoms with van der Waals surface area (Å²) in [5, 5.41) is 1.06. The van der Waals surface area contributed by atoms with Crippen molar-refractivity contribution in [2.75, 3.05) is 39.3 Å². The maximum absolute atomic E-state index is 13.8. The number of anilines is 1. The molecule has 1 atom stereocenters. The van der Waals surface area contributed by atoms with E-state index < -0.39 is 0 Å². The molecule has 204 valence electrons. The van der Waals surface area contributed by atoms with Crippen molar-refractivity contribution >= 4 is 28.5 Å². The van der Waals surface area contributed by atoms with Crippen molar-refractivity contribution in [3.63, 3.8) is 0 Å². The van der Waals surface area contributed by atoms with Gasteiger partial charge in [0, 0.05) is 62.1 Å². The molecule has 0 bridgehead atoms. The smallest absolute Gasteiger partial charge is 0.325 e. The van der Waals surface area contributed by atoms with Gasteiger partial charge in [-0.1, -0.05) is 31.9 Å². The van der Waals surface area contributed by atoms with Gasteiger partial charge in [-0.3, -0.25) is 9.69 Å². The number of rotatable bonds is 11. The van der Waals surface area contributed by atoms with Crippen LogP contribution in [0.4, 0.5) is 10.5 Å². The standard InChI is InChI=1S/C30H40N4O4/c1-6-7-8-18-38-28-19-24(12-13-27(28)37-5)33-17-14-22(2)34(30(33)36)20-23-10-9-11-26-25(23)15-16-32(26)21-29(35)31(3)4/h9-13,15-16,19,22H,6-8,14,17-18,20-21H2,1-5H3/t22-/m0/s1. The predicted molar refractivity (Wildman–Crippen MR) is 151 cm³/mol. The highest BCUT2D eigenvalue weighted by atomic mass is 16.5. The van der Waals surface area contributed by atoms with Crippen molar-refractivity contribution in [1.29, 1.82) is 0 Å². The third-order valence-corrected chi connectivity index (χ3v) is 7.29. The normalized spacial score (nSPS) is 15.7. The zero-order chi connectivity index (χ0) is 27.2. The molecule has 4 rings (SSSR count). The summed E-state index contributed by atoms with van der Waals surface area (Å²) in [7, 11) is 5.16. The van der Waals surface area contributed by atoms with Gasteiger partial charge in [-0.15, -0.1) is 0 Å².